The van der Waals surface area contributed by atoms with Crippen LogP contribution in [0.3, 0.4) is 0 Å². The molecule has 0 unspecified atom stereocenters. The van der Waals surface area contributed by atoms with Crippen molar-refractivity contribution < 1.29 is 13.2 Å². The van der Waals surface area contributed by atoms with E-state index in [-0.39, 0.29) is 17.0 Å². The third kappa shape index (κ3) is 4.34. The standard InChI is InChI=1S/C14H20ClN3O3S/c1-2-16-14(19)18-9-7-12(8-10-18)17-22(20,21)13-5-3-11(15)4-6-13/h3-6,12,17H,2,7-10H2,1H3,(H,16,19). The first-order valence-corrected chi connectivity index (χ1v) is 9.09. The second-order valence-electron chi connectivity index (χ2n) is 5.17. The number of carbonyl (C=O) groups is 1. The van der Waals surface area contributed by atoms with Crippen LogP contribution >= 0.6 is 11.6 Å². The average molecular weight is 346 g/mol. The lowest BCUT2D eigenvalue weighted by molar-refractivity contribution is 0.180. The molecule has 0 spiro atoms. The Morgan fingerprint density at radius 1 is 1.27 bits per heavy atom. The molecule has 122 valence electrons. The Bertz CT molecular complexity index is 611. The maximum atomic E-state index is 12.3. The Labute approximate surface area is 135 Å². The molecule has 1 aromatic carbocycles. The Morgan fingerprint density at radius 3 is 2.41 bits per heavy atom. The Kier molecular flexibility index (Phi) is 5.66. The Balaban J connectivity index is 1.92. The van der Waals surface area contributed by atoms with Crippen molar-refractivity contribution in [3.05, 3.63) is 29.3 Å². The number of likely N-dealkylation sites (tertiary alicyclic amines) is 1. The van der Waals surface area contributed by atoms with Crippen LogP contribution in [0, 0.1) is 0 Å². The van der Waals surface area contributed by atoms with Crippen molar-refractivity contribution in [2.75, 3.05) is 19.6 Å². The molecule has 8 heteroatoms. The van der Waals surface area contributed by atoms with Gasteiger partial charge in [0.1, 0.15) is 0 Å². The van der Waals surface area contributed by atoms with Crippen molar-refractivity contribution in [3.63, 3.8) is 0 Å². The summed E-state index contributed by atoms with van der Waals surface area (Å²) in [5.74, 6) is 0. The van der Waals surface area contributed by atoms with Crippen LogP contribution in [-0.2, 0) is 10.0 Å². The summed E-state index contributed by atoms with van der Waals surface area (Å²) in [4.78, 5) is 13.6. The van der Waals surface area contributed by atoms with Gasteiger partial charge in [0.15, 0.2) is 0 Å². The lowest BCUT2D eigenvalue weighted by atomic mass is 10.1. The summed E-state index contributed by atoms with van der Waals surface area (Å²) in [5, 5.41) is 3.24. The summed E-state index contributed by atoms with van der Waals surface area (Å²) in [6.45, 7) is 3.53. The predicted octanol–water partition coefficient (Wildman–Crippen LogP) is 1.81. The molecular formula is C14H20ClN3O3S. The maximum Gasteiger partial charge on any atom is 0.317 e. The van der Waals surface area contributed by atoms with Crippen LogP contribution in [0.2, 0.25) is 5.02 Å². The van der Waals surface area contributed by atoms with Crippen LogP contribution in [0.5, 0.6) is 0 Å². The van der Waals surface area contributed by atoms with E-state index < -0.39 is 10.0 Å². The minimum Gasteiger partial charge on any atom is -0.338 e. The van der Waals surface area contributed by atoms with Gasteiger partial charge in [0.25, 0.3) is 0 Å². The molecule has 6 nitrogen and oxygen atoms in total. The molecule has 0 aliphatic carbocycles. The van der Waals surface area contributed by atoms with Crippen LogP contribution in [0.25, 0.3) is 0 Å². The molecule has 2 N–H and O–H groups in total. The first-order chi connectivity index (χ1) is 10.4. The number of rotatable bonds is 4. The fourth-order valence-electron chi connectivity index (χ4n) is 2.36. The fourth-order valence-corrected chi connectivity index (χ4v) is 3.80. The number of nitrogens with one attached hydrogen (secondary N) is 2. The smallest absolute Gasteiger partial charge is 0.317 e. The zero-order valence-electron chi connectivity index (χ0n) is 12.4. The number of benzene rings is 1. The molecule has 1 aliphatic heterocycles. The van der Waals surface area contributed by atoms with E-state index in [4.69, 9.17) is 11.6 Å². The van der Waals surface area contributed by atoms with Gasteiger partial charge in [-0.3, -0.25) is 0 Å². The van der Waals surface area contributed by atoms with E-state index in [1.165, 1.54) is 12.1 Å². The molecule has 0 saturated carbocycles. The van der Waals surface area contributed by atoms with Gasteiger partial charge in [0, 0.05) is 30.7 Å². The number of halogens is 1. The van der Waals surface area contributed by atoms with Crippen LogP contribution in [0.15, 0.2) is 29.2 Å². The van der Waals surface area contributed by atoms with Gasteiger partial charge >= 0.3 is 6.03 Å². The third-order valence-electron chi connectivity index (χ3n) is 3.56. The van der Waals surface area contributed by atoms with Crippen LogP contribution in [0.4, 0.5) is 4.79 Å². The summed E-state index contributed by atoms with van der Waals surface area (Å²) >= 11 is 5.77. The topological polar surface area (TPSA) is 78.5 Å². The van der Waals surface area contributed by atoms with Gasteiger partial charge in [0.2, 0.25) is 10.0 Å². The van der Waals surface area contributed by atoms with Gasteiger partial charge < -0.3 is 10.2 Å². The molecule has 2 amide bonds. The number of urea groups is 1. The van der Waals surface area contributed by atoms with Crippen LogP contribution < -0.4 is 10.0 Å². The summed E-state index contributed by atoms with van der Waals surface area (Å²) in [7, 11) is -3.55. The largest absolute Gasteiger partial charge is 0.338 e. The van der Waals surface area contributed by atoms with Gasteiger partial charge in [0.05, 0.1) is 4.90 Å². The van der Waals surface area contributed by atoms with Gasteiger partial charge in [-0.1, -0.05) is 11.6 Å². The second kappa shape index (κ2) is 7.30. The minimum atomic E-state index is -3.55. The highest BCUT2D eigenvalue weighted by Crippen LogP contribution is 2.17. The number of hydrogen-bond donors (Lipinski definition) is 2. The van der Waals surface area contributed by atoms with Crippen molar-refractivity contribution in [2.45, 2.75) is 30.7 Å². The quantitative estimate of drug-likeness (QED) is 0.873. The van der Waals surface area contributed by atoms with Crippen LogP contribution in [0.1, 0.15) is 19.8 Å². The zero-order valence-corrected chi connectivity index (χ0v) is 14.0. The van der Waals surface area contributed by atoms with Gasteiger partial charge in [-0.25, -0.2) is 17.9 Å². The molecule has 1 aliphatic rings. The summed E-state index contributed by atoms with van der Waals surface area (Å²) < 4.78 is 27.3. The Hall–Kier alpha value is -1.31. The first kappa shape index (κ1) is 17.1. The number of piperidine rings is 1. The molecular weight excluding hydrogens is 326 g/mol. The van der Waals surface area contributed by atoms with Crippen LogP contribution in [-0.4, -0.2) is 45.0 Å². The maximum absolute atomic E-state index is 12.3. The highest BCUT2D eigenvalue weighted by Gasteiger charge is 2.26. The first-order valence-electron chi connectivity index (χ1n) is 7.23. The van der Waals surface area contributed by atoms with Gasteiger partial charge in [-0.15, -0.1) is 0 Å². The van der Waals surface area contributed by atoms with E-state index >= 15 is 0 Å². The van der Waals surface area contributed by atoms with Gasteiger partial charge in [-0.2, -0.15) is 0 Å². The highest BCUT2D eigenvalue weighted by molar-refractivity contribution is 7.89. The van der Waals surface area contributed by atoms with E-state index in [2.05, 4.69) is 10.0 Å². The molecule has 2 rings (SSSR count). The monoisotopic (exact) mass is 345 g/mol. The zero-order chi connectivity index (χ0) is 16.2. The summed E-state index contributed by atoms with van der Waals surface area (Å²) in [6, 6.07) is 5.80. The molecule has 1 fully saturated rings. The molecule has 0 aromatic heterocycles. The van der Waals surface area contributed by atoms with E-state index in [9.17, 15) is 13.2 Å². The highest BCUT2D eigenvalue weighted by atomic mass is 35.5. The average Bonchev–Trinajstić information content (AvgIpc) is 2.48. The molecule has 1 heterocycles. The Morgan fingerprint density at radius 2 is 1.86 bits per heavy atom. The van der Waals surface area contributed by atoms with E-state index in [1.54, 1.807) is 17.0 Å². The summed E-state index contributed by atoms with van der Waals surface area (Å²) in [5.41, 5.74) is 0. The molecule has 1 aromatic rings. The van der Waals surface area contributed by atoms with Crippen molar-refractivity contribution in [1.82, 2.24) is 14.9 Å². The van der Waals surface area contributed by atoms with Gasteiger partial charge in [-0.05, 0) is 44.0 Å². The lowest BCUT2D eigenvalue weighted by Crippen LogP contribution is -2.49. The van der Waals surface area contributed by atoms with E-state index in [0.717, 1.165) is 0 Å². The van der Waals surface area contributed by atoms with Crippen molar-refractivity contribution in [3.8, 4) is 0 Å². The minimum absolute atomic E-state index is 0.0958. The van der Waals surface area contributed by atoms with E-state index in [1.807, 2.05) is 6.92 Å². The normalized spacial score (nSPS) is 16.5. The van der Waals surface area contributed by atoms with E-state index in [0.29, 0.717) is 37.5 Å². The molecule has 22 heavy (non-hydrogen) atoms. The molecule has 1 saturated heterocycles. The second-order valence-corrected chi connectivity index (χ2v) is 7.32. The number of sulfonamides is 1. The SMILES string of the molecule is CCNC(=O)N1CCC(NS(=O)(=O)c2ccc(Cl)cc2)CC1. The van der Waals surface area contributed by atoms with Crippen molar-refractivity contribution in [1.29, 1.82) is 0 Å². The fraction of sp³-hybridized carbons (Fsp3) is 0.500. The van der Waals surface area contributed by atoms with Crippen molar-refractivity contribution >= 4 is 27.7 Å². The number of amides is 2. The molecule has 0 bridgehead atoms. The molecule has 0 radical (unpaired) electrons. The van der Waals surface area contributed by atoms with Crippen molar-refractivity contribution in [2.24, 2.45) is 0 Å². The third-order valence-corrected chi connectivity index (χ3v) is 5.34. The number of hydrogen-bond acceptors (Lipinski definition) is 3. The molecule has 0 atom stereocenters. The summed E-state index contributed by atoms with van der Waals surface area (Å²) in [6.07, 6.45) is 1.20. The lowest BCUT2D eigenvalue weighted by Gasteiger charge is -2.32. The number of carbonyl (C=O) groups excluding carboxylic acids is 1. The number of nitrogens with zero attached hydrogens (tertiary/aromatic N) is 1. The predicted molar refractivity (Wildman–Crippen MR) is 85.4 cm³/mol.